The van der Waals surface area contributed by atoms with Gasteiger partial charge < -0.3 is 0 Å². The number of rotatable bonds is 2. The number of hydrogen-bond donors (Lipinski definition) is 0. The Balaban J connectivity index is 1.28. The lowest BCUT2D eigenvalue weighted by atomic mass is 9.99. The molecule has 0 saturated carbocycles. The van der Waals surface area contributed by atoms with Gasteiger partial charge in [0.15, 0.2) is 0 Å². The van der Waals surface area contributed by atoms with Crippen LogP contribution in [-0.4, -0.2) is 19.9 Å². The molecule has 7 aromatic rings. The minimum atomic E-state index is 0.865. The van der Waals surface area contributed by atoms with Gasteiger partial charge in [-0.15, -0.1) is 0 Å². The Morgan fingerprint density at radius 3 is 1.87 bits per heavy atom. The molecule has 0 aliphatic heterocycles. The van der Waals surface area contributed by atoms with Crippen molar-refractivity contribution in [1.29, 1.82) is 0 Å². The number of aromatic nitrogens is 4. The molecule has 8 rings (SSSR count). The highest BCUT2D eigenvalue weighted by atomic mass is 14.8. The van der Waals surface area contributed by atoms with Crippen LogP contribution in [0.4, 0.5) is 0 Å². The van der Waals surface area contributed by atoms with Gasteiger partial charge in [-0.2, -0.15) is 0 Å². The molecule has 0 radical (unpaired) electrons. The predicted molar refractivity (Wildman–Crippen MR) is 153 cm³/mol. The standard InChI is InChI=1S/C34H20N4/c1-2-7-21(8-3-1)32-20-35-28-15-13-22(18-30(28)36-32)23-14-16-29-31(19-23)38-34-27-12-5-4-11-26(27)24-9-6-10-25(17-24)33(34)37-29/h1-20H. The molecule has 4 nitrogen and oxygen atoms in total. The molecule has 0 saturated heterocycles. The Kier molecular flexibility index (Phi) is 4.49. The van der Waals surface area contributed by atoms with Gasteiger partial charge in [0.05, 0.1) is 45.3 Å². The lowest BCUT2D eigenvalue weighted by Gasteiger charge is -2.11. The first-order valence-electron chi connectivity index (χ1n) is 12.6. The van der Waals surface area contributed by atoms with Gasteiger partial charge in [0.1, 0.15) is 0 Å². The molecule has 38 heavy (non-hydrogen) atoms. The van der Waals surface area contributed by atoms with Crippen LogP contribution >= 0.6 is 0 Å². The summed E-state index contributed by atoms with van der Waals surface area (Å²) < 4.78 is 0. The van der Waals surface area contributed by atoms with E-state index in [2.05, 4.69) is 96.0 Å². The summed E-state index contributed by atoms with van der Waals surface area (Å²) in [6.45, 7) is 0. The van der Waals surface area contributed by atoms with Gasteiger partial charge in [-0.3, -0.25) is 4.98 Å². The zero-order chi connectivity index (χ0) is 25.1. The van der Waals surface area contributed by atoms with Crippen molar-refractivity contribution in [2.75, 3.05) is 0 Å². The maximum atomic E-state index is 5.19. The molecular formula is C34H20N4. The minimum Gasteiger partial charge on any atom is -0.252 e. The van der Waals surface area contributed by atoms with Crippen LogP contribution in [0.5, 0.6) is 0 Å². The lowest BCUT2D eigenvalue weighted by molar-refractivity contribution is 1.29. The lowest BCUT2D eigenvalue weighted by Crippen LogP contribution is -1.95. The molecule has 0 unspecified atom stereocenters. The molecule has 5 aromatic carbocycles. The van der Waals surface area contributed by atoms with Crippen LogP contribution in [0.25, 0.3) is 78.1 Å². The second kappa shape index (κ2) is 8.15. The predicted octanol–water partition coefficient (Wildman–Crippen LogP) is 8.22. The Labute approximate surface area is 219 Å². The average Bonchev–Trinajstić information content (AvgIpc) is 3.08. The van der Waals surface area contributed by atoms with E-state index in [0.29, 0.717) is 0 Å². The normalized spacial score (nSPS) is 11.7. The number of benzene rings is 5. The minimum absolute atomic E-state index is 0.865. The topological polar surface area (TPSA) is 51.6 Å². The van der Waals surface area contributed by atoms with Crippen LogP contribution in [-0.2, 0) is 0 Å². The first-order chi connectivity index (χ1) is 18.8. The summed E-state index contributed by atoms with van der Waals surface area (Å²) in [5.74, 6) is 0. The van der Waals surface area contributed by atoms with Crippen LogP contribution in [0.15, 0.2) is 121 Å². The van der Waals surface area contributed by atoms with Crippen LogP contribution in [0.1, 0.15) is 0 Å². The molecule has 176 valence electrons. The summed E-state index contributed by atoms with van der Waals surface area (Å²) >= 11 is 0. The van der Waals surface area contributed by atoms with Crippen molar-refractivity contribution in [3.63, 3.8) is 0 Å². The molecule has 0 N–H and O–H groups in total. The van der Waals surface area contributed by atoms with Crippen molar-refractivity contribution < 1.29 is 0 Å². The maximum absolute atomic E-state index is 5.19. The molecule has 4 heteroatoms. The van der Waals surface area contributed by atoms with E-state index in [1.807, 2.05) is 30.5 Å². The summed E-state index contributed by atoms with van der Waals surface area (Å²) in [6, 6.07) is 39.7. The summed E-state index contributed by atoms with van der Waals surface area (Å²) in [5.41, 5.74) is 14.0. The van der Waals surface area contributed by atoms with Gasteiger partial charge in [0.25, 0.3) is 0 Å². The second-order valence-corrected chi connectivity index (χ2v) is 9.58. The van der Waals surface area contributed by atoms with E-state index in [4.69, 9.17) is 15.0 Å². The average molecular weight is 485 g/mol. The SMILES string of the molecule is c1ccc(-c2cnc3ccc(-c4ccc5nc6c(nc5c4)-c4ccccc4-c4cccc-6c4)cc3n2)cc1. The fourth-order valence-electron chi connectivity index (χ4n) is 5.34. The van der Waals surface area contributed by atoms with Crippen molar-refractivity contribution in [2.24, 2.45) is 0 Å². The third kappa shape index (κ3) is 3.31. The van der Waals surface area contributed by atoms with Crippen molar-refractivity contribution in [3.8, 4) is 56.0 Å². The molecule has 0 amide bonds. The first-order valence-corrected chi connectivity index (χ1v) is 12.6. The summed E-state index contributed by atoms with van der Waals surface area (Å²) in [7, 11) is 0. The highest BCUT2D eigenvalue weighted by Gasteiger charge is 2.20. The fourth-order valence-corrected chi connectivity index (χ4v) is 5.34. The van der Waals surface area contributed by atoms with Gasteiger partial charge in [0.2, 0.25) is 0 Å². The molecule has 2 heterocycles. The smallest absolute Gasteiger partial charge is 0.0979 e. The quantitative estimate of drug-likeness (QED) is 0.248. The molecule has 1 aliphatic rings. The van der Waals surface area contributed by atoms with E-state index in [0.717, 1.165) is 67.0 Å². The number of nitrogens with zero attached hydrogens (tertiary/aromatic N) is 4. The van der Waals surface area contributed by atoms with E-state index in [-0.39, 0.29) is 0 Å². The fraction of sp³-hybridized carbons (Fsp3) is 0. The highest BCUT2D eigenvalue weighted by molar-refractivity contribution is 5.96. The molecule has 0 spiro atoms. The Bertz CT molecular complexity index is 2030. The van der Waals surface area contributed by atoms with Crippen LogP contribution in [0.2, 0.25) is 0 Å². The molecule has 1 aliphatic carbocycles. The zero-order valence-corrected chi connectivity index (χ0v) is 20.3. The Morgan fingerprint density at radius 2 is 1.03 bits per heavy atom. The number of hydrogen-bond acceptors (Lipinski definition) is 4. The van der Waals surface area contributed by atoms with Gasteiger partial charge in [0, 0.05) is 16.7 Å². The zero-order valence-electron chi connectivity index (χ0n) is 20.3. The second-order valence-electron chi connectivity index (χ2n) is 9.58. The molecule has 2 bridgehead atoms. The number of fused-ring (bicyclic) bond motifs is 9. The summed E-state index contributed by atoms with van der Waals surface area (Å²) in [4.78, 5) is 19.8. The Morgan fingerprint density at radius 1 is 0.368 bits per heavy atom. The molecular weight excluding hydrogens is 464 g/mol. The largest absolute Gasteiger partial charge is 0.252 e. The third-order valence-corrected chi connectivity index (χ3v) is 7.24. The molecule has 2 aromatic heterocycles. The van der Waals surface area contributed by atoms with Gasteiger partial charge >= 0.3 is 0 Å². The van der Waals surface area contributed by atoms with Gasteiger partial charge in [-0.05, 0) is 52.6 Å². The van der Waals surface area contributed by atoms with E-state index < -0.39 is 0 Å². The molecule has 0 atom stereocenters. The molecule has 0 fully saturated rings. The van der Waals surface area contributed by atoms with E-state index in [1.165, 1.54) is 11.1 Å². The summed E-state index contributed by atoms with van der Waals surface area (Å²) in [6.07, 6.45) is 1.84. The van der Waals surface area contributed by atoms with Gasteiger partial charge in [-0.25, -0.2) is 15.0 Å². The van der Waals surface area contributed by atoms with Gasteiger partial charge in [-0.1, -0.05) is 84.9 Å². The van der Waals surface area contributed by atoms with E-state index in [1.54, 1.807) is 0 Å². The van der Waals surface area contributed by atoms with Crippen molar-refractivity contribution in [3.05, 3.63) is 121 Å². The first kappa shape index (κ1) is 20.9. The third-order valence-electron chi connectivity index (χ3n) is 7.24. The van der Waals surface area contributed by atoms with Crippen LogP contribution < -0.4 is 0 Å². The monoisotopic (exact) mass is 484 g/mol. The van der Waals surface area contributed by atoms with Crippen molar-refractivity contribution >= 4 is 22.1 Å². The maximum Gasteiger partial charge on any atom is 0.0979 e. The van der Waals surface area contributed by atoms with Crippen LogP contribution in [0.3, 0.4) is 0 Å². The summed E-state index contributed by atoms with van der Waals surface area (Å²) in [5, 5.41) is 0. The highest BCUT2D eigenvalue weighted by Crippen LogP contribution is 2.41. The van der Waals surface area contributed by atoms with Crippen LogP contribution in [0, 0.1) is 0 Å². The van der Waals surface area contributed by atoms with E-state index >= 15 is 0 Å². The van der Waals surface area contributed by atoms with E-state index in [9.17, 15) is 0 Å². The van der Waals surface area contributed by atoms with Crippen molar-refractivity contribution in [2.45, 2.75) is 0 Å². The van der Waals surface area contributed by atoms with Crippen molar-refractivity contribution in [1.82, 2.24) is 19.9 Å². The Hall–Kier alpha value is -5.22.